The molecule has 0 aliphatic carbocycles. The van der Waals surface area contributed by atoms with Crippen LogP contribution < -0.4 is 0 Å². The van der Waals surface area contributed by atoms with E-state index in [0.29, 0.717) is 0 Å². The topological polar surface area (TPSA) is 98.5 Å². The van der Waals surface area contributed by atoms with Gasteiger partial charge in [0.25, 0.3) is 0 Å². The first-order valence-corrected chi connectivity index (χ1v) is 7.96. The molecule has 0 saturated carbocycles. The fraction of sp³-hybridized carbons (Fsp3) is 0.385. The first-order valence-electron chi connectivity index (χ1n) is 6.14. The minimum absolute atomic E-state index is 0.0544. The van der Waals surface area contributed by atoms with Crippen LogP contribution in [0, 0.1) is 16.7 Å². The molecule has 0 unspecified atom stereocenters. The first kappa shape index (κ1) is 15.8. The van der Waals surface area contributed by atoms with Gasteiger partial charge in [-0.1, -0.05) is 17.7 Å². The highest BCUT2D eigenvalue weighted by molar-refractivity contribution is 7.89. The van der Waals surface area contributed by atoms with E-state index in [1.807, 2.05) is 0 Å². The second-order valence-electron chi connectivity index (χ2n) is 5.18. The van der Waals surface area contributed by atoms with E-state index in [-0.39, 0.29) is 35.0 Å². The Labute approximate surface area is 127 Å². The maximum atomic E-state index is 12.6. The van der Waals surface area contributed by atoms with Gasteiger partial charge in [-0.3, -0.25) is 4.79 Å². The average molecular weight is 329 g/mol. The third-order valence-electron chi connectivity index (χ3n) is 3.66. The molecular formula is C13H13ClN2O4S. The molecule has 2 rings (SSSR count). The molecule has 1 aliphatic heterocycles. The number of carboxylic acid groups (broad SMARTS) is 1. The number of carboxylic acids is 1. The number of aliphatic carboxylic acids is 1. The van der Waals surface area contributed by atoms with Gasteiger partial charge in [0.05, 0.1) is 16.0 Å². The van der Waals surface area contributed by atoms with Gasteiger partial charge in [-0.05, 0) is 25.5 Å². The lowest BCUT2D eigenvalue weighted by atomic mass is 9.90. The van der Waals surface area contributed by atoms with E-state index >= 15 is 0 Å². The molecule has 21 heavy (non-hydrogen) atoms. The van der Waals surface area contributed by atoms with Crippen LogP contribution >= 0.6 is 11.6 Å². The van der Waals surface area contributed by atoms with E-state index in [4.69, 9.17) is 16.9 Å². The third-order valence-corrected chi connectivity index (χ3v) is 5.86. The molecule has 1 saturated heterocycles. The monoisotopic (exact) mass is 328 g/mol. The van der Waals surface area contributed by atoms with Crippen molar-refractivity contribution >= 4 is 27.6 Å². The van der Waals surface area contributed by atoms with Gasteiger partial charge >= 0.3 is 5.97 Å². The minimum atomic E-state index is -3.95. The molecule has 1 aliphatic rings. The molecule has 0 aromatic heterocycles. The van der Waals surface area contributed by atoms with Gasteiger partial charge in [0.1, 0.15) is 11.0 Å². The van der Waals surface area contributed by atoms with E-state index in [1.165, 1.54) is 25.1 Å². The highest BCUT2D eigenvalue weighted by Crippen LogP contribution is 2.35. The molecule has 1 aromatic carbocycles. The van der Waals surface area contributed by atoms with E-state index < -0.39 is 21.4 Å². The Kier molecular flexibility index (Phi) is 3.97. The summed E-state index contributed by atoms with van der Waals surface area (Å²) in [6.07, 6.45) is 0.226. The highest BCUT2D eigenvalue weighted by Gasteiger charge is 2.45. The normalized spacial score (nSPS) is 22.9. The SMILES string of the molecule is C[C@]1(C(=O)O)CCN(S(=O)(=O)c2cccc(Cl)c2C#N)C1. The van der Waals surface area contributed by atoms with Crippen molar-refractivity contribution in [3.05, 3.63) is 28.8 Å². The molecule has 6 nitrogen and oxygen atoms in total. The number of nitrogens with zero attached hydrogens (tertiary/aromatic N) is 2. The van der Waals surface area contributed by atoms with Gasteiger partial charge in [0, 0.05) is 13.1 Å². The van der Waals surface area contributed by atoms with Gasteiger partial charge in [0.2, 0.25) is 10.0 Å². The number of halogens is 1. The predicted octanol–water partition coefficient (Wildman–Crippen LogP) is 1.70. The highest BCUT2D eigenvalue weighted by atomic mass is 35.5. The van der Waals surface area contributed by atoms with Crippen LogP contribution in [0.3, 0.4) is 0 Å². The second kappa shape index (κ2) is 5.30. The van der Waals surface area contributed by atoms with Crippen molar-refractivity contribution in [2.75, 3.05) is 13.1 Å². The second-order valence-corrected chi connectivity index (χ2v) is 7.49. The molecule has 1 atom stereocenters. The summed E-state index contributed by atoms with van der Waals surface area (Å²) in [5.74, 6) is -1.04. The Morgan fingerprint density at radius 2 is 2.19 bits per heavy atom. The summed E-state index contributed by atoms with van der Waals surface area (Å²) in [4.78, 5) is 11.0. The molecule has 0 bridgehead atoms. The lowest BCUT2D eigenvalue weighted by Crippen LogP contribution is -2.35. The maximum Gasteiger partial charge on any atom is 0.310 e. The molecule has 1 heterocycles. The average Bonchev–Trinajstić information content (AvgIpc) is 2.83. The van der Waals surface area contributed by atoms with Crippen molar-refractivity contribution in [2.24, 2.45) is 5.41 Å². The summed E-state index contributed by atoms with van der Waals surface area (Å²) in [5, 5.41) is 18.3. The van der Waals surface area contributed by atoms with Crippen molar-refractivity contribution in [3.63, 3.8) is 0 Å². The van der Waals surface area contributed by atoms with Crippen molar-refractivity contribution in [1.29, 1.82) is 5.26 Å². The van der Waals surface area contributed by atoms with Crippen molar-refractivity contribution in [3.8, 4) is 6.07 Å². The lowest BCUT2D eigenvalue weighted by molar-refractivity contribution is -0.146. The Balaban J connectivity index is 2.44. The summed E-state index contributed by atoms with van der Waals surface area (Å²) in [6.45, 7) is 1.48. The predicted molar refractivity (Wildman–Crippen MR) is 75.3 cm³/mol. The molecule has 1 aromatic rings. The van der Waals surface area contributed by atoms with E-state index in [2.05, 4.69) is 0 Å². The van der Waals surface area contributed by atoms with Crippen LogP contribution in [-0.2, 0) is 14.8 Å². The summed E-state index contributed by atoms with van der Waals surface area (Å²) in [7, 11) is -3.95. The largest absolute Gasteiger partial charge is 0.481 e. The summed E-state index contributed by atoms with van der Waals surface area (Å²) in [6, 6.07) is 5.97. The number of hydrogen-bond donors (Lipinski definition) is 1. The van der Waals surface area contributed by atoms with Crippen LogP contribution in [0.25, 0.3) is 0 Å². The summed E-state index contributed by atoms with van der Waals surface area (Å²) < 4.78 is 26.3. The van der Waals surface area contributed by atoms with Crippen LogP contribution in [0.1, 0.15) is 18.9 Å². The molecule has 0 amide bonds. The Bertz CT molecular complexity index is 741. The smallest absolute Gasteiger partial charge is 0.310 e. The van der Waals surface area contributed by atoms with Gasteiger partial charge in [-0.25, -0.2) is 8.42 Å². The zero-order valence-corrected chi connectivity index (χ0v) is 12.8. The van der Waals surface area contributed by atoms with Crippen molar-refractivity contribution in [2.45, 2.75) is 18.2 Å². The molecule has 112 valence electrons. The lowest BCUT2D eigenvalue weighted by Gasteiger charge is -2.20. The minimum Gasteiger partial charge on any atom is -0.481 e. The Morgan fingerprint density at radius 1 is 1.52 bits per heavy atom. The number of hydrogen-bond acceptors (Lipinski definition) is 4. The Morgan fingerprint density at radius 3 is 2.71 bits per heavy atom. The van der Waals surface area contributed by atoms with Crippen LogP contribution in [0.4, 0.5) is 0 Å². The van der Waals surface area contributed by atoms with Crippen molar-refractivity contribution in [1.82, 2.24) is 4.31 Å². The summed E-state index contributed by atoms with van der Waals surface area (Å²) in [5.41, 5.74) is -1.23. The van der Waals surface area contributed by atoms with Crippen LogP contribution in [-0.4, -0.2) is 36.9 Å². The zero-order valence-electron chi connectivity index (χ0n) is 11.2. The van der Waals surface area contributed by atoms with E-state index in [9.17, 15) is 18.3 Å². The molecule has 0 radical (unpaired) electrons. The summed E-state index contributed by atoms with van der Waals surface area (Å²) >= 11 is 5.85. The number of sulfonamides is 1. The third kappa shape index (κ3) is 2.62. The van der Waals surface area contributed by atoms with Gasteiger partial charge in [-0.2, -0.15) is 9.57 Å². The fourth-order valence-corrected chi connectivity index (χ4v) is 4.27. The molecule has 0 spiro atoms. The van der Waals surface area contributed by atoms with Crippen LogP contribution in [0.15, 0.2) is 23.1 Å². The number of benzene rings is 1. The quantitative estimate of drug-likeness (QED) is 0.910. The molecule has 1 fully saturated rings. The molecular weight excluding hydrogens is 316 g/mol. The standard InChI is InChI=1S/C13H13ClN2O4S/c1-13(12(17)18)5-6-16(8-13)21(19,20)11-4-2-3-10(14)9(11)7-15/h2-4H,5-6,8H2,1H3,(H,17,18)/t13-/m0/s1. The first-order chi connectivity index (χ1) is 9.72. The maximum absolute atomic E-state index is 12.6. The molecule has 1 N–H and O–H groups in total. The number of nitriles is 1. The van der Waals surface area contributed by atoms with Crippen molar-refractivity contribution < 1.29 is 18.3 Å². The van der Waals surface area contributed by atoms with Gasteiger partial charge in [-0.15, -0.1) is 0 Å². The van der Waals surface area contributed by atoms with Crippen LogP contribution in [0.2, 0.25) is 5.02 Å². The molecule has 8 heteroatoms. The van der Waals surface area contributed by atoms with E-state index in [1.54, 1.807) is 6.07 Å². The number of rotatable bonds is 3. The number of carbonyl (C=O) groups is 1. The van der Waals surface area contributed by atoms with Gasteiger partial charge < -0.3 is 5.11 Å². The Hall–Kier alpha value is -1.62. The van der Waals surface area contributed by atoms with Gasteiger partial charge in [0.15, 0.2) is 0 Å². The van der Waals surface area contributed by atoms with Crippen LogP contribution in [0.5, 0.6) is 0 Å². The van der Waals surface area contributed by atoms with E-state index in [0.717, 1.165) is 4.31 Å². The zero-order chi connectivity index (χ0) is 15.8. The fourth-order valence-electron chi connectivity index (χ4n) is 2.27.